The van der Waals surface area contributed by atoms with Crippen molar-refractivity contribution < 1.29 is 22.6 Å². The predicted molar refractivity (Wildman–Crippen MR) is 139 cm³/mol. The average Bonchev–Trinajstić information content (AvgIpc) is 2.87. The highest BCUT2D eigenvalue weighted by atomic mass is 19.4. The number of nitrogens with zero attached hydrogens (tertiary/aromatic N) is 4. The molecule has 0 atom stereocenters. The van der Waals surface area contributed by atoms with E-state index in [0.717, 1.165) is 0 Å². The van der Waals surface area contributed by atoms with Gasteiger partial charge in [-0.2, -0.15) is 0 Å². The van der Waals surface area contributed by atoms with Crippen LogP contribution in [0.5, 0.6) is 11.6 Å². The highest BCUT2D eigenvalue weighted by Gasteiger charge is 2.31. The molecule has 2 aliphatic rings. The Morgan fingerprint density at radius 2 is 1.76 bits per heavy atom. The van der Waals surface area contributed by atoms with E-state index in [1.807, 2.05) is 60.9 Å². The lowest BCUT2D eigenvalue weighted by Gasteiger charge is -2.21. The van der Waals surface area contributed by atoms with Gasteiger partial charge < -0.3 is 19.4 Å². The van der Waals surface area contributed by atoms with Gasteiger partial charge in [-0.05, 0) is 62.4 Å². The lowest BCUT2D eigenvalue weighted by molar-refractivity contribution is -0.274. The molecule has 3 aromatic rings. The van der Waals surface area contributed by atoms with E-state index in [1.165, 1.54) is 18.2 Å². The van der Waals surface area contributed by atoms with Gasteiger partial charge in [0, 0.05) is 24.0 Å². The smallest absolute Gasteiger partial charge is 0.480 e. The van der Waals surface area contributed by atoms with Crippen LogP contribution >= 0.6 is 0 Å². The number of fused-ring (bicyclic) bond motifs is 2. The van der Waals surface area contributed by atoms with Crippen molar-refractivity contribution in [3.63, 3.8) is 0 Å². The Hall–Kier alpha value is -4.60. The second-order valence-corrected chi connectivity index (χ2v) is 8.75. The second-order valence-electron chi connectivity index (χ2n) is 8.75. The summed E-state index contributed by atoms with van der Waals surface area (Å²) in [6.45, 7) is 3.92. The molecular formula is C28H24F3N5O2. The quantitative estimate of drug-likeness (QED) is 0.260. The Balaban J connectivity index is 1.78. The number of methoxy groups -OCH3 is 1. The SMILES string of the molecule is COc1ncccc1Nc1cc2nc3ccccc3n(-c3cccc(OC(F)(F)F)c3)c-2c/c1=N\C(C)C. The van der Waals surface area contributed by atoms with Gasteiger partial charge in [-0.1, -0.05) is 18.2 Å². The number of hydrogen-bond acceptors (Lipinski definition) is 6. The largest absolute Gasteiger partial charge is 0.573 e. The second kappa shape index (κ2) is 10.0. The molecule has 1 aliphatic carbocycles. The zero-order valence-corrected chi connectivity index (χ0v) is 20.8. The van der Waals surface area contributed by atoms with Gasteiger partial charge in [0.1, 0.15) is 11.4 Å². The maximum atomic E-state index is 13.0. The number of hydrogen-bond donors (Lipinski definition) is 1. The average molecular weight is 520 g/mol. The van der Waals surface area contributed by atoms with Crippen LogP contribution in [0, 0.1) is 0 Å². The molecule has 0 radical (unpaired) electrons. The number of anilines is 2. The first kappa shape index (κ1) is 25.1. The molecule has 5 rings (SSSR count). The first-order valence-corrected chi connectivity index (χ1v) is 11.8. The third kappa shape index (κ3) is 5.24. The third-order valence-corrected chi connectivity index (χ3v) is 5.64. The number of halogens is 3. The molecule has 0 unspecified atom stereocenters. The fraction of sp³-hybridized carbons (Fsp3) is 0.179. The molecule has 7 nitrogen and oxygen atoms in total. The maximum absolute atomic E-state index is 13.0. The van der Waals surface area contributed by atoms with E-state index in [4.69, 9.17) is 14.7 Å². The molecule has 38 heavy (non-hydrogen) atoms. The number of para-hydroxylation sites is 2. The Labute approximate surface area is 216 Å². The fourth-order valence-electron chi connectivity index (χ4n) is 4.22. The normalized spacial score (nSPS) is 12.3. The van der Waals surface area contributed by atoms with Crippen LogP contribution in [0.4, 0.5) is 24.5 Å². The van der Waals surface area contributed by atoms with Crippen LogP contribution in [0.2, 0.25) is 0 Å². The van der Waals surface area contributed by atoms with Crippen molar-refractivity contribution in [1.82, 2.24) is 14.5 Å². The van der Waals surface area contributed by atoms with Gasteiger partial charge in [-0.3, -0.25) is 4.99 Å². The summed E-state index contributed by atoms with van der Waals surface area (Å²) in [6, 6.07) is 20.6. The number of alkyl halides is 3. The van der Waals surface area contributed by atoms with Crippen molar-refractivity contribution in [2.45, 2.75) is 26.3 Å². The lowest BCUT2D eigenvalue weighted by Crippen LogP contribution is -2.18. The van der Waals surface area contributed by atoms with Crippen molar-refractivity contribution in [3.05, 3.63) is 84.4 Å². The van der Waals surface area contributed by atoms with Gasteiger partial charge in [0.2, 0.25) is 5.88 Å². The van der Waals surface area contributed by atoms with Crippen LogP contribution in [-0.4, -0.2) is 34.0 Å². The predicted octanol–water partition coefficient (Wildman–Crippen LogP) is 6.49. The summed E-state index contributed by atoms with van der Waals surface area (Å²) in [5.74, 6) is 0.108. The van der Waals surface area contributed by atoms with E-state index in [9.17, 15) is 13.2 Å². The first-order chi connectivity index (χ1) is 18.2. The molecule has 0 bridgehead atoms. The molecule has 10 heteroatoms. The minimum absolute atomic E-state index is 0.0332. The van der Waals surface area contributed by atoms with E-state index in [2.05, 4.69) is 15.0 Å². The summed E-state index contributed by atoms with van der Waals surface area (Å²) in [5, 5.41) is 4.00. The molecule has 0 amide bonds. The van der Waals surface area contributed by atoms with Crippen LogP contribution in [0.1, 0.15) is 13.8 Å². The molecule has 1 aliphatic heterocycles. The zero-order valence-electron chi connectivity index (χ0n) is 20.8. The summed E-state index contributed by atoms with van der Waals surface area (Å²) in [7, 11) is 1.54. The summed E-state index contributed by atoms with van der Waals surface area (Å²) in [4.78, 5) is 13.9. The summed E-state index contributed by atoms with van der Waals surface area (Å²) in [6.07, 6.45) is -3.17. The van der Waals surface area contributed by atoms with Gasteiger partial charge in [-0.15, -0.1) is 13.2 Å². The van der Waals surface area contributed by atoms with Crippen molar-refractivity contribution in [2.24, 2.45) is 4.99 Å². The zero-order chi connectivity index (χ0) is 26.9. The summed E-state index contributed by atoms with van der Waals surface area (Å²) < 4.78 is 50.3. The Kier molecular flexibility index (Phi) is 6.62. The molecular weight excluding hydrogens is 495 g/mol. The van der Waals surface area contributed by atoms with Crippen LogP contribution in [0.25, 0.3) is 28.1 Å². The molecule has 0 fully saturated rings. The van der Waals surface area contributed by atoms with E-state index in [1.54, 1.807) is 25.4 Å². The number of benzene rings is 3. The van der Waals surface area contributed by atoms with Gasteiger partial charge in [0.05, 0.1) is 40.6 Å². The number of nitrogens with one attached hydrogen (secondary N) is 1. The molecule has 1 aromatic heterocycles. The van der Waals surface area contributed by atoms with E-state index >= 15 is 0 Å². The Morgan fingerprint density at radius 3 is 2.53 bits per heavy atom. The number of rotatable bonds is 6. The van der Waals surface area contributed by atoms with Gasteiger partial charge in [-0.25, -0.2) is 9.97 Å². The standard InChI is InChI=1S/C28H24F3N5O2/c1-17(2)33-23-16-26-24(15-22(23)35-21-11-7-13-32-27(21)37-3)34-20-10-4-5-12-25(20)36(26)18-8-6-9-19(14-18)38-28(29,30)31/h4-17,35H,1-3H3/b33-23+. The summed E-state index contributed by atoms with van der Waals surface area (Å²) in [5.41, 5.74) is 4.48. The fourth-order valence-corrected chi connectivity index (χ4v) is 4.22. The maximum Gasteiger partial charge on any atom is 0.573 e. The van der Waals surface area contributed by atoms with E-state index < -0.39 is 6.36 Å². The monoisotopic (exact) mass is 519 g/mol. The van der Waals surface area contributed by atoms with Crippen LogP contribution < -0.4 is 20.1 Å². The van der Waals surface area contributed by atoms with Crippen LogP contribution in [0.15, 0.2) is 84.0 Å². The molecule has 0 saturated heterocycles. The molecule has 1 N–H and O–H groups in total. The Morgan fingerprint density at radius 1 is 0.947 bits per heavy atom. The summed E-state index contributed by atoms with van der Waals surface area (Å²) >= 11 is 0. The van der Waals surface area contributed by atoms with Crippen molar-refractivity contribution in [3.8, 4) is 28.7 Å². The molecule has 0 saturated carbocycles. The van der Waals surface area contributed by atoms with Gasteiger partial charge in [0.15, 0.2) is 0 Å². The first-order valence-electron chi connectivity index (χ1n) is 11.8. The van der Waals surface area contributed by atoms with Gasteiger partial charge in [0.25, 0.3) is 0 Å². The third-order valence-electron chi connectivity index (χ3n) is 5.64. The van der Waals surface area contributed by atoms with E-state index in [-0.39, 0.29) is 11.8 Å². The molecule has 0 spiro atoms. The van der Waals surface area contributed by atoms with Crippen LogP contribution in [0.3, 0.4) is 0 Å². The van der Waals surface area contributed by atoms with Crippen molar-refractivity contribution in [1.29, 1.82) is 0 Å². The number of aromatic nitrogens is 3. The highest BCUT2D eigenvalue weighted by Crippen LogP contribution is 2.33. The minimum Gasteiger partial charge on any atom is -0.480 e. The number of ether oxygens (including phenoxy) is 2. The number of pyridine rings is 1. The lowest BCUT2D eigenvalue weighted by atomic mass is 10.1. The van der Waals surface area contributed by atoms with E-state index in [0.29, 0.717) is 50.7 Å². The van der Waals surface area contributed by atoms with Crippen molar-refractivity contribution >= 4 is 22.4 Å². The topological polar surface area (TPSA) is 73.6 Å². The highest BCUT2D eigenvalue weighted by molar-refractivity contribution is 5.84. The van der Waals surface area contributed by atoms with Gasteiger partial charge >= 0.3 is 6.36 Å². The minimum atomic E-state index is -4.80. The molecule has 194 valence electrons. The van der Waals surface area contributed by atoms with Crippen LogP contribution in [-0.2, 0) is 0 Å². The molecule has 2 heterocycles. The Bertz CT molecular complexity index is 1650. The van der Waals surface area contributed by atoms with Crippen molar-refractivity contribution in [2.75, 3.05) is 12.4 Å². The molecule has 2 aromatic carbocycles.